The molecule has 0 radical (unpaired) electrons. The van der Waals surface area contributed by atoms with Crippen molar-refractivity contribution in [1.82, 2.24) is 4.57 Å². The molecule has 2 nitrogen and oxygen atoms in total. The molecule has 1 aromatic heterocycles. The molecule has 0 atom stereocenters. The fourth-order valence-electron chi connectivity index (χ4n) is 1.89. The molecular weight excluding hydrogens is 205 g/mol. The molecule has 1 fully saturated rings. The minimum absolute atomic E-state index is 0.191. The molecule has 0 spiro atoms. The highest BCUT2D eigenvalue weighted by atomic mass is 19.1. The molecule has 1 aromatic carbocycles. The van der Waals surface area contributed by atoms with Crippen LogP contribution < -0.4 is 0 Å². The molecular formula is C13H14FNO. The first-order valence-corrected chi connectivity index (χ1v) is 5.65. The van der Waals surface area contributed by atoms with E-state index in [4.69, 9.17) is 4.74 Å². The lowest BCUT2D eigenvalue weighted by molar-refractivity contribution is 0.0718. The number of aromatic nitrogens is 1. The van der Waals surface area contributed by atoms with Crippen molar-refractivity contribution >= 4 is 10.9 Å². The molecule has 3 heteroatoms. The van der Waals surface area contributed by atoms with E-state index in [9.17, 15) is 4.39 Å². The topological polar surface area (TPSA) is 14.2 Å². The molecule has 84 valence electrons. The van der Waals surface area contributed by atoms with Crippen molar-refractivity contribution in [2.45, 2.75) is 19.6 Å². The Kier molecular flexibility index (Phi) is 2.40. The van der Waals surface area contributed by atoms with Gasteiger partial charge in [0.2, 0.25) is 0 Å². The van der Waals surface area contributed by atoms with Crippen molar-refractivity contribution in [2.75, 3.05) is 6.61 Å². The molecule has 16 heavy (non-hydrogen) atoms. The van der Waals surface area contributed by atoms with Gasteiger partial charge in [0.05, 0.1) is 12.1 Å². The number of hydrogen-bond acceptors (Lipinski definition) is 1. The Morgan fingerprint density at radius 2 is 2.19 bits per heavy atom. The monoisotopic (exact) mass is 219 g/mol. The number of benzene rings is 1. The van der Waals surface area contributed by atoms with E-state index < -0.39 is 0 Å². The molecule has 0 amide bonds. The average molecular weight is 219 g/mol. The highest BCUT2D eigenvalue weighted by Gasteiger charge is 2.21. The summed E-state index contributed by atoms with van der Waals surface area (Å²) < 4.78 is 20.6. The van der Waals surface area contributed by atoms with Crippen molar-refractivity contribution in [3.05, 3.63) is 36.3 Å². The third-order valence-electron chi connectivity index (χ3n) is 3.01. The van der Waals surface area contributed by atoms with Gasteiger partial charge in [0.25, 0.3) is 0 Å². The van der Waals surface area contributed by atoms with Gasteiger partial charge in [-0.25, -0.2) is 4.39 Å². The standard InChI is InChI=1S/C13H14FNO/c14-12-3-4-13-11(7-12)5-6-15(13)9-16-8-10-1-2-10/h3-7,10H,1-2,8-9H2. The minimum atomic E-state index is -0.191. The highest BCUT2D eigenvalue weighted by Crippen LogP contribution is 2.29. The van der Waals surface area contributed by atoms with Gasteiger partial charge in [-0.3, -0.25) is 0 Å². The summed E-state index contributed by atoms with van der Waals surface area (Å²) in [7, 11) is 0. The molecule has 0 N–H and O–H groups in total. The zero-order valence-electron chi connectivity index (χ0n) is 9.03. The normalized spacial score (nSPS) is 15.8. The second-order valence-electron chi connectivity index (χ2n) is 4.43. The maximum atomic E-state index is 13.0. The summed E-state index contributed by atoms with van der Waals surface area (Å²) in [6.45, 7) is 1.41. The van der Waals surface area contributed by atoms with E-state index in [0.29, 0.717) is 6.73 Å². The summed E-state index contributed by atoms with van der Waals surface area (Å²) in [6, 6.07) is 6.75. The molecule has 1 aliphatic rings. The third kappa shape index (κ3) is 1.95. The molecule has 2 aromatic rings. The summed E-state index contributed by atoms with van der Waals surface area (Å²) in [4.78, 5) is 0. The van der Waals surface area contributed by atoms with E-state index in [1.165, 1.54) is 18.9 Å². The smallest absolute Gasteiger partial charge is 0.123 e. The number of halogens is 1. The Hall–Kier alpha value is -1.35. The molecule has 1 saturated carbocycles. The SMILES string of the molecule is Fc1ccc2c(ccn2COCC2CC2)c1. The zero-order valence-corrected chi connectivity index (χ0v) is 9.03. The van der Waals surface area contributed by atoms with Crippen LogP contribution in [0.5, 0.6) is 0 Å². The van der Waals surface area contributed by atoms with Crippen molar-refractivity contribution in [3.8, 4) is 0 Å². The Morgan fingerprint density at radius 1 is 1.31 bits per heavy atom. The van der Waals surface area contributed by atoms with Gasteiger partial charge in [-0.1, -0.05) is 0 Å². The van der Waals surface area contributed by atoms with Crippen molar-refractivity contribution in [1.29, 1.82) is 0 Å². The van der Waals surface area contributed by atoms with Crippen LogP contribution in [0.4, 0.5) is 4.39 Å². The van der Waals surface area contributed by atoms with Crippen molar-refractivity contribution in [3.63, 3.8) is 0 Å². The van der Waals surface area contributed by atoms with Gasteiger partial charge in [0, 0.05) is 11.6 Å². The Bertz CT molecular complexity index is 502. The first kappa shape index (κ1) is 9.85. The van der Waals surface area contributed by atoms with Crippen LogP contribution >= 0.6 is 0 Å². The largest absolute Gasteiger partial charge is 0.360 e. The lowest BCUT2D eigenvalue weighted by atomic mass is 10.2. The van der Waals surface area contributed by atoms with Gasteiger partial charge < -0.3 is 9.30 Å². The molecule has 1 aliphatic carbocycles. The molecule has 0 saturated heterocycles. The number of ether oxygens (including phenoxy) is 1. The van der Waals surface area contributed by atoms with Crippen LogP contribution in [0, 0.1) is 11.7 Å². The second kappa shape index (κ2) is 3.91. The predicted molar refractivity (Wildman–Crippen MR) is 60.6 cm³/mol. The molecule has 1 heterocycles. The number of rotatable bonds is 4. The Labute approximate surface area is 93.6 Å². The van der Waals surface area contributed by atoms with Crippen LogP contribution in [0.1, 0.15) is 12.8 Å². The molecule has 0 bridgehead atoms. The van der Waals surface area contributed by atoms with Crippen LogP contribution in [0.3, 0.4) is 0 Å². The molecule has 3 rings (SSSR count). The fraction of sp³-hybridized carbons (Fsp3) is 0.385. The fourth-order valence-corrected chi connectivity index (χ4v) is 1.89. The van der Waals surface area contributed by atoms with Crippen molar-refractivity contribution in [2.24, 2.45) is 5.92 Å². The summed E-state index contributed by atoms with van der Waals surface area (Å²) in [5.41, 5.74) is 1.03. The number of fused-ring (bicyclic) bond motifs is 1. The van der Waals surface area contributed by atoms with Crippen LogP contribution in [0.2, 0.25) is 0 Å². The van der Waals surface area contributed by atoms with Gasteiger partial charge in [-0.15, -0.1) is 0 Å². The van der Waals surface area contributed by atoms with Gasteiger partial charge >= 0.3 is 0 Å². The van der Waals surface area contributed by atoms with Crippen LogP contribution in [0.15, 0.2) is 30.5 Å². The Morgan fingerprint density at radius 3 is 3.00 bits per heavy atom. The van der Waals surface area contributed by atoms with Gasteiger partial charge in [0.15, 0.2) is 0 Å². The van der Waals surface area contributed by atoms with Gasteiger partial charge in [0.1, 0.15) is 12.5 Å². The van der Waals surface area contributed by atoms with E-state index in [-0.39, 0.29) is 5.82 Å². The maximum absolute atomic E-state index is 13.0. The predicted octanol–water partition coefficient (Wildman–Crippen LogP) is 3.16. The van der Waals surface area contributed by atoms with Crippen LogP contribution in [-0.4, -0.2) is 11.2 Å². The summed E-state index contributed by atoms with van der Waals surface area (Å²) in [5.74, 6) is 0.586. The number of hydrogen-bond donors (Lipinski definition) is 0. The average Bonchev–Trinajstić information content (AvgIpc) is 3.00. The lowest BCUT2D eigenvalue weighted by Crippen LogP contribution is -2.03. The summed E-state index contributed by atoms with van der Waals surface area (Å²) in [6.07, 6.45) is 4.55. The van der Waals surface area contributed by atoms with E-state index in [0.717, 1.165) is 23.4 Å². The number of nitrogens with zero attached hydrogens (tertiary/aromatic N) is 1. The highest BCUT2D eigenvalue weighted by molar-refractivity contribution is 5.80. The minimum Gasteiger partial charge on any atom is -0.360 e. The Balaban J connectivity index is 1.75. The molecule has 0 unspecified atom stereocenters. The maximum Gasteiger partial charge on any atom is 0.123 e. The van der Waals surface area contributed by atoms with Crippen molar-refractivity contribution < 1.29 is 9.13 Å². The van der Waals surface area contributed by atoms with Crippen LogP contribution in [-0.2, 0) is 11.5 Å². The first-order valence-electron chi connectivity index (χ1n) is 5.65. The van der Waals surface area contributed by atoms with Gasteiger partial charge in [-0.2, -0.15) is 0 Å². The zero-order chi connectivity index (χ0) is 11.0. The lowest BCUT2D eigenvalue weighted by Gasteiger charge is -2.06. The quantitative estimate of drug-likeness (QED) is 0.770. The molecule has 0 aliphatic heterocycles. The summed E-state index contributed by atoms with van der Waals surface area (Å²) in [5, 5.41) is 0.926. The van der Waals surface area contributed by atoms with E-state index in [1.807, 2.05) is 16.8 Å². The van der Waals surface area contributed by atoms with E-state index in [2.05, 4.69) is 0 Å². The van der Waals surface area contributed by atoms with E-state index >= 15 is 0 Å². The second-order valence-corrected chi connectivity index (χ2v) is 4.43. The first-order chi connectivity index (χ1) is 7.83. The van der Waals surface area contributed by atoms with Crippen LogP contribution in [0.25, 0.3) is 10.9 Å². The van der Waals surface area contributed by atoms with E-state index in [1.54, 1.807) is 12.1 Å². The third-order valence-corrected chi connectivity index (χ3v) is 3.01. The van der Waals surface area contributed by atoms with Gasteiger partial charge in [-0.05, 0) is 43.0 Å². The summed E-state index contributed by atoms with van der Waals surface area (Å²) >= 11 is 0.